The van der Waals surface area contributed by atoms with Gasteiger partial charge in [-0.2, -0.15) is 0 Å². The van der Waals surface area contributed by atoms with Gasteiger partial charge in [0.05, 0.1) is 0 Å². The molecule has 0 spiro atoms. The number of rotatable bonds is 6. The van der Waals surface area contributed by atoms with Crippen LogP contribution in [0.15, 0.2) is 91.0 Å². The number of hydrogen-bond donors (Lipinski definition) is 0. The number of hydrogen-bond acceptors (Lipinski definition) is 1. The zero-order valence-electron chi connectivity index (χ0n) is 25.2. The molecule has 0 aliphatic rings. The van der Waals surface area contributed by atoms with Crippen LogP contribution >= 0.6 is 0 Å². The monoisotopic (exact) mass is 675 g/mol. The maximum Gasteiger partial charge on any atom is 0.0195 e. The van der Waals surface area contributed by atoms with Crippen molar-refractivity contribution in [2.75, 3.05) is 0 Å². The second-order valence-electron chi connectivity index (χ2n) is 7.83. The first kappa shape index (κ1) is 37.6. The molecule has 0 bridgehead atoms. The molecule has 0 amide bonds. The third-order valence-corrected chi connectivity index (χ3v) is 5.30. The van der Waals surface area contributed by atoms with Gasteiger partial charge in [0.1, 0.15) is 0 Å². The molecule has 0 saturated carbocycles. The molecule has 1 heterocycles. The molecule has 1 unspecified atom stereocenters. The molecule has 0 aliphatic carbocycles. The Kier molecular flexibility index (Phi) is 21.2. The Morgan fingerprint density at radius 1 is 0.711 bits per heavy atom. The van der Waals surface area contributed by atoms with E-state index >= 15 is 0 Å². The molecule has 38 heavy (non-hydrogen) atoms. The van der Waals surface area contributed by atoms with Gasteiger partial charge < -0.3 is 17.7 Å². The van der Waals surface area contributed by atoms with E-state index in [-0.39, 0.29) is 39.3 Å². The molecule has 0 N–H and O–H groups in total. The van der Waals surface area contributed by atoms with E-state index in [2.05, 4.69) is 81.4 Å². The normalized spacial score (nSPS) is 9.95. The third-order valence-electron chi connectivity index (χ3n) is 5.30. The van der Waals surface area contributed by atoms with E-state index in [1.807, 2.05) is 77.9 Å². The predicted octanol–water partition coefficient (Wildman–Crippen LogP) is 11.3. The van der Waals surface area contributed by atoms with Crippen LogP contribution in [-0.4, -0.2) is 4.98 Å². The molecule has 2 nitrogen and oxygen atoms in total. The van der Waals surface area contributed by atoms with Crippen LogP contribution in [0, 0.1) is 20.4 Å². The van der Waals surface area contributed by atoms with Crippen LogP contribution in [0.1, 0.15) is 89.7 Å². The van der Waals surface area contributed by atoms with E-state index in [0.717, 1.165) is 28.2 Å². The van der Waals surface area contributed by atoms with Crippen molar-refractivity contribution in [1.82, 2.24) is 4.98 Å². The van der Waals surface area contributed by atoms with Crippen molar-refractivity contribution in [2.24, 2.45) is 0 Å². The average molecular weight is 674 g/mol. The average Bonchev–Trinajstić information content (AvgIpc) is 2.96. The third kappa shape index (κ3) is 10.7. The van der Waals surface area contributed by atoms with Crippen molar-refractivity contribution < 1.29 is 25.8 Å². The van der Waals surface area contributed by atoms with Gasteiger partial charge in [-0.3, -0.25) is 0 Å². The number of aryl methyl sites for hydroxylation is 1. The van der Waals surface area contributed by atoms with Crippen molar-refractivity contribution in [3.63, 3.8) is 0 Å². The smallest absolute Gasteiger partial charge is 0.0195 e. The fourth-order valence-electron chi connectivity index (χ4n) is 3.71. The Morgan fingerprint density at radius 3 is 1.89 bits per heavy atom. The number of benzene rings is 3. The van der Waals surface area contributed by atoms with Crippen molar-refractivity contribution in [1.29, 1.82) is 0 Å². The van der Waals surface area contributed by atoms with E-state index in [9.17, 15) is 0 Å². The van der Waals surface area contributed by atoms with Crippen LogP contribution in [0.4, 0.5) is 5.69 Å². The number of pyridine rings is 1. The minimum absolute atomic E-state index is 0. The summed E-state index contributed by atoms with van der Waals surface area (Å²) in [5.41, 5.74) is 7.51. The summed E-state index contributed by atoms with van der Waals surface area (Å²) in [6.45, 7) is 18.6. The van der Waals surface area contributed by atoms with Gasteiger partial charge in [-0.05, 0) is 30.6 Å². The number of aromatic nitrogens is 1. The maximum atomic E-state index is 5.28. The van der Waals surface area contributed by atoms with Crippen LogP contribution in [-0.2, 0) is 25.8 Å². The zero-order valence-corrected chi connectivity index (χ0v) is 28.8. The molecule has 3 aromatic carbocycles. The minimum Gasteiger partial charge on any atom is -0.673 e. The summed E-state index contributed by atoms with van der Waals surface area (Å²) in [5, 5.41) is 5.28. The molecule has 204 valence electrons. The molecular weight excluding hydrogens is 627 g/mol. The molecule has 0 saturated heterocycles. The Labute approximate surface area is 253 Å². The predicted molar refractivity (Wildman–Crippen MR) is 166 cm³/mol. The molecular formula is C35H47HfN2-3. The summed E-state index contributed by atoms with van der Waals surface area (Å²) in [6, 6.07) is 34.1. The molecule has 3 heteroatoms. The SMILES string of the molecule is CC.CC.CC.Cc1cccc(C(C)C)c1[N-]C(c1ccccc1)c1cccc(-c2[c-]cccc2)n1.[CH3-].[Hf]. The fraction of sp³-hybridized carbons (Fsp3) is 0.314. The van der Waals surface area contributed by atoms with Crippen molar-refractivity contribution in [2.45, 2.75) is 74.3 Å². The summed E-state index contributed by atoms with van der Waals surface area (Å²) in [6.07, 6.45) is 0. The number of para-hydroxylation sites is 1. The summed E-state index contributed by atoms with van der Waals surface area (Å²) >= 11 is 0. The Balaban J connectivity index is 0. The van der Waals surface area contributed by atoms with Gasteiger partial charge in [0.2, 0.25) is 0 Å². The fourth-order valence-corrected chi connectivity index (χ4v) is 3.71. The zero-order chi connectivity index (χ0) is 26.9. The summed E-state index contributed by atoms with van der Waals surface area (Å²) < 4.78 is 0. The summed E-state index contributed by atoms with van der Waals surface area (Å²) in [5.74, 6) is 0.401. The first-order valence-corrected chi connectivity index (χ1v) is 13.4. The second kappa shape index (κ2) is 21.4. The van der Waals surface area contributed by atoms with E-state index in [0.29, 0.717) is 5.92 Å². The Bertz CT molecular complexity index is 1110. The van der Waals surface area contributed by atoms with E-state index in [1.165, 1.54) is 11.1 Å². The van der Waals surface area contributed by atoms with Crippen LogP contribution in [0.5, 0.6) is 0 Å². The van der Waals surface area contributed by atoms with Crippen LogP contribution < -0.4 is 0 Å². The standard InChI is InChI=1S/C28H26N2.3C2H6.CH3.Hf/c1-20(2)24-17-10-12-21(3)27(24)30-28(23-15-8-5-9-16-23)26-19-11-18-25(29-26)22-13-6-4-7-14-22;3*1-2;;/h4-13,15-20,28H,1-3H3;3*1-2H3;1H3;/q-2;;;;-1;. The van der Waals surface area contributed by atoms with Crippen molar-refractivity contribution in [3.8, 4) is 11.3 Å². The van der Waals surface area contributed by atoms with Crippen molar-refractivity contribution >= 4 is 5.69 Å². The second-order valence-corrected chi connectivity index (χ2v) is 7.83. The Hall–Kier alpha value is -2.52. The van der Waals surface area contributed by atoms with Gasteiger partial charge in [0.15, 0.2) is 0 Å². The van der Waals surface area contributed by atoms with Crippen LogP contribution in [0.2, 0.25) is 0 Å². The molecule has 4 rings (SSSR count). The van der Waals surface area contributed by atoms with Gasteiger partial charge in [-0.1, -0.05) is 133 Å². The molecule has 0 fully saturated rings. The van der Waals surface area contributed by atoms with Gasteiger partial charge in [0.25, 0.3) is 0 Å². The van der Waals surface area contributed by atoms with E-state index in [1.54, 1.807) is 0 Å². The van der Waals surface area contributed by atoms with Gasteiger partial charge in [0, 0.05) is 31.5 Å². The van der Waals surface area contributed by atoms with Crippen LogP contribution in [0.3, 0.4) is 0 Å². The van der Waals surface area contributed by atoms with Crippen LogP contribution in [0.25, 0.3) is 16.6 Å². The Morgan fingerprint density at radius 2 is 1.32 bits per heavy atom. The van der Waals surface area contributed by atoms with Gasteiger partial charge in [-0.15, -0.1) is 41.6 Å². The molecule has 1 aromatic heterocycles. The first-order chi connectivity index (χ1) is 17.6. The topological polar surface area (TPSA) is 27.0 Å². The minimum atomic E-state index is -0.173. The summed E-state index contributed by atoms with van der Waals surface area (Å²) in [7, 11) is 0. The largest absolute Gasteiger partial charge is 0.673 e. The molecule has 4 aromatic rings. The first-order valence-electron chi connectivity index (χ1n) is 13.4. The van der Waals surface area contributed by atoms with Gasteiger partial charge in [-0.25, -0.2) is 0 Å². The quantitative estimate of drug-likeness (QED) is 0.148. The van der Waals surface area contributed by atoms with Crippen molar-refractivity contribution in [3.05, 3.63) is 132 Å². The van der Waals surface area contributed by atoms with Gasteiger partial charge >= 0.3 is 0 Å². The summed E-state index contributed by atoms with van der Waals surface area (Å²) in [4.78, 5) is 5.00. The molecule has 1 atom stereocenters. The molecule has 0 radical (unpaired) electrons. The maximum absolute atomic E-state index is 5.28. The van der Waals surface area contributed by atoms with E-state index < -0.39 is 0 Å². The molecule has 0 aliphatic heterocycles. The van der Waals surface area contributed by atoms with E-state index in [4.69, 9.17) is 10.3 Å². The number of nitrogens with zero attached hydrogens (tertiary/aromatic N) is 2.